The van der Waals surface area contributed by atoms with E-state index in [0.29, 0.717) is 0 Å². The molecular formula is C15H13F4N3O3. The third-order valence-electron chi connectivity index (χ3n) is 4.15. The lowest BCUT2D eigenvalue weighted by Crippen LogP contribution is -2.26. The average Bonchev–Trinajstić information content (AvgIpc) is 3.17. The number of rotatable bonds is 6. The summed E-state index contributed by atoms with van der Waals surface area (Å²) in [6.45, 7) is -0.143. The first-order chi connectivity index (χ1) is 11.7. The summed E-state index contributed by atoms with van der Waals surface area (Å²) in [4.78, 5) is 14.2. The number of carboxylic acids is 1. The van der Waals surface area contributed by atoms with E-state index < -0.39 is 29.1 Å². The van der Waals surface area contributed by atoms with Gasteiger partial charge in [-0.1, -0.05) is 0 Å². The molecule has 0 unspecified atom stereocenters. The Morgan fingerprint density at radius 1 is 1.32 bits per heavy atom. The number of pyridine rings is 1. The maximum Gasteiger partial charge on any atom is 0.394 e. The fourth-order valence-corrected chi connectivity index (χ4v) is 2.40. The van der Waals surface area contributed by atoms with E-state index in [9.17, 15) is 22.4 Å². The number of halogens is 4. The molecule has 1 saturated carbocycles. The zero-order chi connectivity index (χ0) is 18.2. The number of alkyl halides is 3. The molecule has 0 amide bonds. The van der Waals surface area contributed by atoms with Crippen LogP contribution in [0.1, 0.15) is 29.6 Å². The molecule has 0 atom stereocenters. The molecule has 10 heteroatoms. The Morgan fingerprint density at radius 3 is 2.60 bits per heavy atom. The molecule has 0 saturated heterocycles. The van der Waals surface area contributed by atoms with Gasteiger partial charge >= 0.3 is 12.1 Å². The van der Waals surface area contributed by atoms with E-state index in [0.717, 1.165) is 10.7 Å². The number of carbonyl (C=O) groups is 1. The van der Waals surface area contributed by atoms with Crippen LogP contribution in [0.15, 0.2) is 24.4 Å². The Labute approximate surface area is 139 Å². The summed E-state index contributed by atoms with van der Waals surface area (Å²) in [5.74, 6) is -2.52. The van der Waals surface area contributed by atoms with Crippen molar-refractivity contribution in [1.82, 2.24) is 14.8 Å². The summed E-state index contributed by atoms with van der Waals surface area (Å²) in [7, 11) is 0. The van der Waals surface area contributed by atoms with Crippen molar-refractivity contribution in [3.8, 4) is 11.7 Å². The maximum atomic E-state index is 13.6. The van der Waals surface area contributed by atoms with Crippen LogP contribution in [0.25, 0.3) is 5.82 Å². The quantitative estimate of drug-likeness (QED) is 0.633. The molecule has 0 spiro atoms. The van der Waals surface area contributed by atoms with Crippen molar-refractivity contribution in [1.29, 1.82) is 0 Å². The predicted molar refractivity (Wildman–Crippen MR) is 76.1 cm³/mol. The Bertz CT molecular complexity index is 800. The van der Waals surface area contributed by atoms with Crippen LogP contribution in [-0.4, -0.2) is 38.6 Å². The Morgan fingerprint density at radius 2 is 2.04 bits per heavy atom. The fourth-order valence-electron chi connectivity index (χ4n) is 2.40. The third-order valence-corrected chi connectivity index (χ3v) is 4.15. The number of hydrogen-bond donors (Lipinski definition) is 1. The van der Waals surface area contributed by atoms with Crippen LogP contribution >= 0.6 is 0 Å². The minimum Gasteiger partial charge on any atom is -0.478 e. The molecule has 0 radical (unpaired) electrons. The number of ether oxygens (including phenoxy) is 1. The smallest absolute Gasteiger partial charge is 0.394 e. The lowest BCUT2D eigenvalue weighted by molar-refractivity contribution is -0.190. The van der Waals surface area contributed by atoms with E-state index in [1.807, 2.05) is 0 Å². The van der Waals surface area contributed by atoms with Gasteiger partial charge in [0.25, 0.3) is 0 Å². The second kappa shape index (κ2) is 6.01. The molecule has 1 aliphatic carbocycles. The van der Waals surface area contributed by atoms with Crippen molar-refractivity contribution in [3.05, 3.63) is 35.9 Å². The number of aromatic carboxylic acids is 1. The summed E-state index contributed by atoms with van der Waals surface area (Å²) < 4.78 is 58.4. The summed E-state index contributed by atoms with van der Waals surface area (Å²) in [6.07, 6.45) is -2.79. The lowest BCUT2D eigenvalue weighted by Gasteiger charge is -2.18. The third kappa shape index (κ3) is 3.42. The summed E-state index contributed by atoms with van der Waals surface area (Å²) >= 11 is 0. The standard InChI is InChI=1S/C15H13F4N3O3/c16-12-9(13(23)24)1-2-10(20-12)22-7-3-11(21-22)25-8-6-14(4-5-14)15(17,18)19/h1-3,7H,4-6,8H2,(H,23,24). The van der Waals surface area contributed by atoms with E-state index in [4.69, 9.17) is 9.84 Å². The highest BCUT2D eigenvalue weighted by Crippen LogP contribution is 2.59. The highest BCUT2D eigenvalue weighted by Gasteiger charge is 2.62. The zero-order valence-electron chi connectivity index (χ0n) is 12.8. The Hall–Kier alpha value is -2.65. The molecular weight excluding hydrogens is 346 g/mol. The average molecular weight is 359 g/mol. The van der Waals surface area contributed by atoms with Crippen molar-refractivity contribution < 1.29 is 32.2 Å². The first-order valence-corrected chi connectivity index (χ1v) is 7.37. The van der Waals surface area contributed by atoms with Crippen molar-refractivity contribution in [2.24, 2.45) is 5.41 Å². The fraction of sp³-hybridized carbons (Fsp3) is 0.400. The van der Waals surface area contributed by atoms with E-state index in [1.165, 1.54) is 18.3 Å². The van der Waals surface area contributed by atoms with Crippen molar-refractivity contribution >= 4 is 5.97 Å². The van der Waals surface area contributed by atoms with Gasteiger partial charge in [-0.05, 0) is 31.4 Å². The van der Waals surface area contributed by atoms with Crippen LogP contribution in [0.2, 0.25) is 0 Å². The summed E-state index contributed by atoms with van der Waals surface area (Å²) in [6, 6.07) is 3.70. The maximum absolute atomic E-state index is 13.6. The Balaban J connectivity index is 1.63. The van der Waals surface area contributed by atoms with Gasteiger partial charge in [0.1, 0.15) is 5.56 Å². The normalized spacial score (nSPS) is 15.8. The van der Waals surface area contributed by atoms with E-state index >= 15 is 0 Å². The van der Waals surface area contributed by atoms with Crippen LogP contribution in [0.4, 0.5) is 17.6 Å². The molecule has 6 nitrogen and oxygen atoms in total. The molecule has 2 aromatic heterocycles. The van der Waals surface area contributed by atoms with Crippen LogP contribution < -0.4 is 4.74 Å². The van der Waals surface area contributed by atoms with Gasteiger partial charge in [-0.2, -0.15) is 22.5 Å². The molecule has 25 heavy (non-hydrogen) atoms. The molecule has 1 fully saturated rings. The molecule has 2 heterocycles. The number of hydrogen-bond acceptors (Lipinski definition) is 4. The molecule has 1 aliphatic rings. The number of nitrogens with zero attached hydrogens (tertiary/aromatic N) is 3. The molecule has 134 valence electrons. The SMILES string of the molecule is O=C(O)c1ccc(-n2ccc(OCCC3(C(F)(F)F)CC3)n2)nc1F. The van der Waals surface area contributed by atoms with Gasteiger partial charge in [-0.15, -0.1) is 5.10 Å². The molecule has 3 rings (SSSR count). The number of carboxylic acid groups (broad SMARTS) is 1. The van der Waals surface area contributed by atoms with Gasteiger partial charge in [-0.3, -0.25) is 0 Å². The van der Waals surface area contributed by atoms with Crippen LogP contribution in [0.3, 0.4) is 0 Å². The lowest BCUT2D eigenvalue weighted by atomic mass is 10.0. The largest absolute Gasteiger partial charge is 0.478 e. The van der Waals surface area contributed by atoms with Gasteiger partial charge in [-0.25, -0.2) is 9.48 Å². The van der Waals surface area contributed by atoms with Crippen LogP contribution in [0.5, 0.6) is 5.88 Å². The van der Waals surface area contributed by atoms with E-state index in [-0.39, 0.29) is 37.6 Å². The molecule has 2 aromatic rings. The second-order valence-corrected chi connectivity index (χ2v) is 5.79. The minimum atomic E-state index is -4.23. The predicted octanol–water partition coefficient (Wildman–Crippen LogP) is 3.22. The molecule has 1 N–H and O–H groups in total. The summed E-state index contributed by atoms with van der Waals surface area (Å²) in [5, 5.41) is 12.7. The van der Waals surface area contributed by atoms with Crippen LogP contribution in [-0.2, 0) is 0 Å². The molecule has 0 bridgehead atoms. The van der Waals surface area contributed by atoms with E-state index in [2.05, 4.69) is 10.1 Å². The first-order valence-electron chi connectivity index (χ1n) is 7.37. The van der Waals surface area contributed by atoms with Gasteiger partial charge in [0, 0.05) is 12.3 Å². The van der Waals surface area contributed by atoms with Gasteiger partial charge in [0.05, 0.1) is 12.0 Å². The first kappa shape index (κ1) is 17.2. The Kier molecular flexibility index (Phi) is 4.13. The second-order valence-electron chi connectivity index (χ2n) is 5.79. The van der Waals surface area contributed by atoms with E-state index in [1.54, 1.807) is 0 Å². The van der Waals surface area contributed by atoms with Crippen molar-refractivity contribution in [2.45, 2.75) is 25.4 Å². The zero-order valence-corrected chi connectivity index (χ0v) is 12.8. The monoisotopic (exact) mass is 359 g/mol. The highest BCUT2D eigenvalue weighted by molar-refractivity contribution is 5.87. The van der Waals surface area contributed by atoms with Gasteiger partial charge < -0.3 is 9.84 Å². The highest BCUT2D eigenvalue weighted by atomic mass is 19.4. The van der Waals surface area contributed by atoms with Crippen molar-refractivity contribution in [3.63, 3.8) is 0 Å². The minimum absolute atomic E-state index is 0.0197. The number of aromatic nitrogens is 3. The van der Waals surface area contributed by atoms with Gasteiger partial charge in [0.15, 0.2) is 5.82 Å². The molecule has 0 aliphatic heterocycles. The van der Waals surface area contributed by atoms with Gasteiger partial charge in [0.2, 0.25) is 11.8 Å². The van der Waals surface area contributed by atoms with Crippen molar-refractivity contribution in [2.75, 3.05) is 6.61 Å². The topological polar surface area (TPSA) is 77.2 Å². The molecule has 0 aromatic carbocycles. The summed E-state index contributed by atoms with van der Waals surface area (Å²) in [5.41, 5.74) is -2.22. The van der Waals surface area contributed by atoms with Crippen LogP contribution in [0, 0.1) is 11.4 Å².